The van der Waals surface area contributed by atoms with Gasteiger partial charge >= 0.3 is 6.18 Å². The topological polar surface area (TPSA) is 0 Å². The molecule has 0 aliphatic carbocycles. The lowest BCUT2D eigenvalue weighted by atomic mass is 10.0. The van der Waals surface area contributed by atoms with Crippen LogP contribution in [0.4, 0.5) is 22.0 Å². The van der Waals surface area contributed by atoms with Crippen LogP contribution in [0.25, 0.3) is 11.1 Å². The molecule has 2 aromatic rings. The molecule has 0 unspecified atom stereocenters. The molecular formula is C14H9F5. The first-order valence-electron chi connectivity index (χ1n) is 5.43. The van der Waals surface area contributed by atoms with Crippen LogP contribution in [0.3, 0.4) is 0 Å². The van der Waals surface area contributed by atoms with Crippen molar-refractivity contribution in [3.05, 3.63) is 59.2 Å². The van der Waals surface area contributed by atoms with Gasteiger partial charge in [0.15, 0.2) is 11.6 Å². The third kappa shape index (κ3) is 2.59. The smallest absolute Gasteiger partial charge is 0.203 e. The lowest BCUT2D eigenvalue weighted by Gasteiger charge is -2.11. The van der Waals surface area contributed by atoms with E-state index in [9.17, 15) is 22.0 Å². The summed E-state index contributed by atoms with van der Waals surface area (Å²) in [6.07, 6.45) is -4.91. The molecule has 0 aliphatic rings. The molecule has 100 valence electrons. The molecule has 0 bridgehead atoms. The fraction of sp³-hybridized carbons (Fsp3) is 0.143. The Balaban J connectivity index is 2.56. The van der Waals surface area contributed by atoms with Crippen LogP contribution >= 0.6 is 0 Å². The maximum Gasteiger partial charge on any atom is 0.419 e. The largest absolute Gasteiger partial charge is 0.419 e. The van der Waals surface area contributed by atoms with E-state index in [4.69, 9.17) is 0 Å². The van der Waals surface area contributed by atoms with Gasteiger partial charge in [0, 0.05) is 5.56 Å². The fourth-order valence-corrected chi connectivity index (χ4v) is 1.72. The summed E-state index contributed by atoms with van der Waals surface area (Å²) < 4.78 is 64.4. The summed E-state index contributed by atoms with van der Waals surface area (Å²) in [6, 6.07) is 7.88. The van der Waals surface area contributed by atoms with Gasteiger partial charge in [0.25, 0.3) is 0 Å². The first-order chi connectivity index (χ1) is 8.80. The van der Waals surface area contributed by atoms with Gasteiger partial charge in [-0.25, -0.2) is 8.78 Å². The van der Waals surface area contributed by atoms with E-state index in [1.165, 1.54) is 12.1 Å². The second kappa shape index (κ2) is 4.64. The summed E-state index contributed by atoms with van der Waals surface area (Å²) in [4.78, 5) is 0. The van der Waals surface area contributed by atoms with Crippen molar-refractivity contribution in [1.82, 2.24) is 0 Å². The highest BCUT2D eigenvalue weighted by Gasteiger charge is 2.36. The molecule has 0 aromatic heterocycles. The molecule has 0 N–H and O–H groups in total. The Labute approximate surface area is 106 Å². The maximum atomic E-state index is 13.7. The third-order valence-electron chi connectivity index (χ3n) is 2.75. The van der Waals surface area contributed by atoms with Crippen LogP contribution in [0.5, 0.6) is 0 Å². The molecule has 5 heteroatoms. The lowest BCUT2D eigenvalue weighted by Crippen LogP contribution is -2.10. The molecule has 0 saturated carbocycles. The number of alkyl halides is 3. The second-order valence-corrected chi connectivity index (χ2v) is 4.15. The van der Waals surface area contributed by atoms with Gasteiger partial charge < -0.3 is 0 Å². The van der Waals surface area contributed by atoms with Gasteiger partial charge in [0.05, 0.1) is 5.56 Å². The first-order valence-corrected chi connectivity index (χ1v) is 5.43. The highest BCUT2D eigenvalue weighted by atomic mass is 19.4. The first kappa shape index (κ1) is 13.5. The number of benzene rings is 2. The van der Waals surface area contributed by atoms with Crippen LogP contribution < -0.4 is 0 Å². The predicted molar refractivity (Wildman–Crippen MR) is 61.5 cm³/mol. The second-order valence-electron chi connectivity index (χ2n) is 4.15. The molecule has 2 aromatic carbocycles. The normalized spacial score (nSPS) is 11.7. The average molecular weight is 272 g/mol. The van der Waals surface area contributed by atoms with E-state index in [0.717, 1.165) is 11.6 Å². The number of hydrogen-bond acceptors (Lipinski definition) is 0. The molecule has 2 rings (SSSR count). The summed E-state index contributed by atoms with van der Waals surface area (Å²) in [7, 11) is 0. The van der Waals surface area contributed by atoms with Crippen LogP contribution in [0.15, 0.2) is 36.4 Å². The van der Waals surface area contributed by atoms with Gasteiger partial charge in [-0.3, -0.25) is 0 Å². The minimum Gasteiger partial charge on any atom is -0.203 e. The van der Waals surface area contributed by atoms with Crippen LogP contribution in [-0.4, -0.2) is 0 Å². The number of aryl methyl sites for hydroxylation is 1. The van der Waals surface area contributed by atoms with Gasteiger partial charge in [-0.05, 0) is 18.6 Å². The minimum absolute atomic E-state index is 0.189. The maximum absolute atomic E-state index is 13.7. The summed E-state index contributed by atoms with van der Waals surface area (Å²) in [5.41, 5.74) is -0.543. The Bertz CT molecular complexity index is 596. The molecule has 0 fully saturated rings. The molecular weight excluding hydrogens is 263 g/mol. The zero-order chi connectivity index (χ0) is 14.2. The van der Waals surface area contributed by atoms with Gasteiger partial charge in [0.2, 0.25) is 0 Å². The average Bonchev–Trinajstić information content (AvgIpc) is 2.32. The zero-order valence-electron chi connectivity index (χ0n) is 9.85. The van der Waals surface area contributed by atoms with E-state index in [2.05, 4.69) is 0 Å². The van der Waals surface area contributed by atoms with E-state index in [-0.39, 0.29) is 5.56 Å². The van der Waals surface area contributed by atoms with Crippen molar-refractivity contribution in [2.75, 3.05) is 0 Å². The van der Waals surface area contributed by atoms with E-state index < -0.39 is 23.4 Å². The fourth-order valence-electron chi connectivity index (χ4n) is 1.72. The number of halogens is 5. The quantitative estimate of drug-likeness (QED) is 0.644. The van der Waals surface area contributed by atoms with Crippen molar-refractivity contribution in [2.24, 2.45) is 0 Å². The summed E-state index contributed by atoms with van der Waals surface area (Å²) in [5.74, 6) is -3.36. The number of rotatable bonds is 1. The Hall–Kier alpha value is -1.91. The molecule has 0 saturated heterocycles. The van der Waals surface area contributed by atoms with Gasteiger partial charge in [0.1, 0.15) is 0 Å². The van der Waals surface area contributed by atoms with E-state index in [1.54, 1.807) is 12.1 Å². The highest BCUT2D eigenvalue weighted by molar-refractivity contribution is 5.65. The number of hydrogen-bond donors (Lipinski definition) is 0. The monoisotopic (exact) mass is 272 g/mol. The van der Waals surface area contributed by atoms with Crippen molar-refractivity contribution in [3.63, 3.8) is 0 Å². The standard InChI is InChI=1S/C14H9F5/c1-8-2-4-9(5-3-8)10-6-7-11(14(17,18)19)13(16)12(10)15/h2-7H,1H3. The van der Waals surface area contributed by atoms with Crippen molar-refractivity contribution in [3.8, 4) is 11.1 Å². The summed E-state index contributed by atoms with van der Waals surface area (Å²) in [5, 5.41) is 0. The van der Waals surface area contributed by atoms with Crippen molar-refractivity contribution >= 4 is 0 Å². The Morgan fingerprint density at radius 1 is 0.789 bits per heavy atom. The molecule has 0 aliphatic heterocycles. The van der Waals surface area contributed by atoms with E-state index in [0.29, 0.717) is 11.6 Å². The Kier molecular flexibility index (Phi) is 3.30. The zero-order valence-corrected chi connectivity index (χ0v) is 9.85. The molecule has 0 nitrogen and oxygen atoms in total. The highest BCUT2D eigenvalue weighted by Crippen LogP contribution is 2.35. The van der Waals surface area contributed by atoms with E-state index >= 15 is 0 Å². The van der Waals surface area contributed by atoms with Gasteiger partial charge in [-0.15, -0.1) is 0 Å². The summed E-state index contributed by atoms with van der Waals surface area (Å²) in [6.45, 7) is 1.81. The van der Waals surface area contributed by atoms with Crippen molar-refractivity contribution in [2.45, 2.75) is 13.1 Å². The van der Waals surface area contributed by atoms with E-state index in [1.807, 2.05) is 6.92 Å². The lowest BCUT2D eigenvalue weighted by molar-refractivity contribution is -0.140. The SMILES string of the molecule is Cc1ccc(-c2ccc(C(F)(F)F)c(F)c2F)cc1. The molecule has 0 heterocycles. The molecule has 19 heavy (non-hydrogen) atoms. The van der Waals surface area contributed by atoms with Crippen LogP contribution in [0, 0.1) is 18.6 Å². The Morgan fingerprint density at radius 3 is 1.89 bits per heavy atom. The van der Waals surface area contributed by atoms with Crippen molar-refractivity contribution in [1.29, 1.82) is 0 Å². The van der Waals surface area contributed by atoms with Crippen LogP contribution in [-0.2, 0) is 6.18 Å². The summed E-state index contributed by atoms with van der Waals surface area (Å²) >= 11 is 0. The van der Waals surface area contributed by atoms with Crippen LogP contribution in [0.2, 0.25) is 0 Å². The van der Waals surface area contributed by atoms with Gasteiger partial charge in [-0.2, -0.15) is 13.2 Å². The molecule has 0 spiro atoms. The third-order valence-corrected chi connectivity index (χ3v) is 2.75. The predicted octanol–water partition coefficient (Wildman–Crippen LogP) is 4.96. The molecule has 0 radical (unpaired) electrons. The van der Waals surface area contributed by atoms with Crippen LogP contribution in [0.1, 0.15) is 11.1 Å². The van der Waals surface area contributed by atoms with Crippen molar-refractivity contribution < 1.29 is 22.0 Å². The Morgan fingerprint density at radius 2 is 1.37 bits per heavy atom. The molecule has 0 atom stereocenters. The molecule has 0 amide bonds. The minimum atomic E-state index is -4.91. The van der Waals surface area contributed by atoms with Gasteiger partial charge in [-0.1, -0.05) is 35.9 Å².